The number of anilines is 1. The van der Waals surface area contributed by atoms with E-state index in [1.54, 1.807) is 0 Å². The normalized spacial score (nSPS) is 16.9. The van der Waals surface area contributed by atoms with Crippen molar-refractivity contribution in [2.24, 2.45) is 0 Å². The molecule has 1 saturated heterocycles. The van der Waals surface area contributed by atoms with Gasteiger partial charge < -0.3 is 10.1 Å². The zero-order valence-electron chi connectivity index (χ0n) is 17.9. The number of benzene rings is 1. The molecule has 1 amide bonds. The van der Waals surface area contributed by atoms with Crippen LogP contribution in [0.2, 0.25) is 0 Å². The molecular formula is C24H27N3O3S. The van der Waals surface area contributed by atoms with Gasteiger partial charge in [0.05, 0.1) is 24.9 Å². The molecule has 3 aromatic rings. The number of piperidine rings is 1. The first kappa shape index (κ1) is 21.5. The molecule has 1 aliphatic heterocycles. The fraction of sp³-hybridized carbons (Fsp3) is 0.375. The number of thiophene rings is 1. The number of fused-ring (bicyclic) bond motifs is 1. The number of pyridine rings is 1. The first-order valence-electron chi connectivity index (χ1n) is 10.6. The van der Waals surface area contributed by atoms with Gasteiger partial charge in [-0.1, -0.05) is 36.8 Å². The van der Waals surface area contributed by atoms with Crippen molar-refractivity contribution in [3.05, 3.63) is 58.6 Å². The van der Waals surface area contributed by atoms with Crippen molar-refractivity contribution < 1.29 is 14.3 Å². The van der Waals surface area contributed by atoms with Gasteiger partial charge in [-0.15, -0.1) is 11.3 Å². The molecule has 0 aliphatic carbocycles. The van der Waals surface area contributed by atoms with E-state index in [1.165, 1.54) is 37.7 Å². The number of amides is 1. The topological polar surface area (TPSA) is 71.5 Å². The number of nitrogens with zero attached hydrogens (tertiary/aromatic N) is 2. The molecule has 0 bridgehead atoms. The van der Waals surface area contributed by atoms with Gasteiger partial charge in [0.2, 0.25) is 5.91 Å². The first-order chi connectivity index (χ1) is 15.0. The minimum absolute atomic E-state index is 0.178. The number of hydrogen-bond donors (Lipinski definition) is 1. The van der Waals surface area contributed by atoms with Crippen LogP contribution in [0.25, 0.3) is 10.2 Å². The number of ether oxygens (including phenoxy) is 1. The SMILES string of the molecule is COC(=O)c1sc2nc(CN3CCCC[C@@H]3C)ccc2c1NC(=O)Cc1ccccc1. The van der Waals surface area contributed by atoms with Crippen molar-refractivity contribution >= 4 is 39.1 Å². The van der Waals surface area contributed by atoms with Crippen LogP contribution >= 0.6 is 11.3 Å². The summed E-state index contributed by atoms with van der Waals surface area (Å²) >= 11 is 1.26. The van der Waals surface area contributed by atoms with Gasteiger partial charge in [0, 0.05) is 18.0 Å². The third-order valence-electron chi connectivity index (χ3n) is 5.76. The van der Waals surface area contributed by atoms with Gasteiger partial charge in [-0.2, -0.15) is 0 Å². The van der Waals surface area contributed by atoms with Gasteiger partial charge in [-0.25, -0.2) is 9.78 Å². The molecule has 7 heteroatoms. The molecule has 3 heterocycles. The monoisotopic (exact) mass is 437 g/mol. The summed E-state index contributed by atoms with van der Waals surface area (Å²) in [7, 11) is 1.35. The highest BCUT2D eigenvalue weighted by Crippen LogP contribution is 2.36. The molecule has 162 valence electrons. The van der Waals surface area contributed by atoms with Crippen LogP contribution in [0.15, 0.2) is 42.5 Å². The van der Waals surface area contributed by atoms with E-state index in [0.29, 0.717) is 16.6 Å². The van der Waals surface area contributed by atoms with Crippen LogP contribution in [0, 0.1) is 0 Å². The lowest BCUT2D eigenvalue weighted by Gasteiger charge is -2.32. The van der Waals surface area contributed by atoms with Crippen molar-refractivity contribution in [3.63, 3.8) is 0 Å². The van der Waals surface area contributed by atoms with Crippen LogP contribution in [0.1, 0.15) is 47.1 Å². The molecular weight excluding hydrogens is 410 g/mol. The van der Waals surface area contributed by atoms with E-state index in [-0.39, 0.29) is 12.3 Å². The quantitative estimate of drug-likeness (QED) is 0.569. The van der Waals surface area contributed by atoms with Crippen LogP contribution in [-0.4, -0.2) is 41.5 Å². The minimum Gasteiger partial charge on any atom is -0.465 e. The van der Waals surface area contributed by atoms with Crippen LogP contribution in [0.3, 0.4) is 0 Å². The number of methoxy groups -OCH3 is 1. The maximum atomic E-state index is 12.7. The molecule has 1 aromatic carbocycles. The summed E-state index contributed by atoms with van der Waals surface area (Å²) in [5.74, 6) is -0.647. The Morgan fingerprint density at radius 2 is 2.00 bits per heavy atom. The Bertz CT molecular complexity index is 1080. The lowest BCUT2D eigenvalue weighted by molar-refractivity contribution is -0.115. The summed E-state index contributed by atoms with van der Waals surface area (Å²) < 4.78 is 4.96. The zero-order chi connectivity index (χ0) is 21.8. The lowest BCUT2D eigenvalue weighted by Crippen LogP contribution is -2.36. The number of hydrogen-bond acceptors (Lipinski definition) is 6. The van der Waals surface area contributed by atoms with E-state index in [4.69, 9.17) is 9.72 Å². The molecule has 0 saturated carbocycles. The largest absolute Gasteiger partial charge is 0.465 e. The molecule has 1 aliphatic rings. The number of carbonyl (C=O) groups is 2. The molecule has 6 nitrogen and oxygen atoms in total. The van der Waals surface area contributed by atoms with E-state index in [2.05, 4.69) is 17.1 Å². The Kier molecular flexibility index (Phi) is 6.63. The third kappa shape index (κ3) is 4.94. The van der Waals surface area contributed by atoms with Gasteiger partial charge in [0.1, 0.15) is 9.71 Å². The minimum atomic E-state index is -0.468. The smallest absolute Gasteiger partial charge is 0.350 e. The highest BCUT2D eigenvalue weighted by Gasteiger charge is 2.23. The summed E-state index contributed by atoms with van der Waals surface area (Å²) in [5.41, 5.74) is 2.37. The van der Waals surface area contributed by atoms with Gasteiger partial charge in [-0.3, -0.25) is 9.69 Å². The average Bonchev–Trinajstić information content (AvgIpc) is 3.13. The predicted molar refractivity (Wildman–Crippen MR) is 123 cm³/mol. The van der Waals surface area contributed by atoms with Crippen LogP contribution < -0.4 is 5.32 Å². The van der Waals surface area contributed by atoms with Crippen molar-refractivity contribution in [1.29, 1.82) is 0 Å². The summed E-state index contributed by atoms with van der Waals surface area (Å²) in [6.45, 7) is 4.14. The summed E-state index contributed by atoms with van der Waals surface area (Å²) in [6.07, 6.45) is 3.95. The van der Waals surface area contributed by atoms with Crippen molar-refractivity contribution in [1.82, 2.24) is 9.88 Å². The molecule has 31 heavy (non-hydrogen) atoms. The number of aromatic nitrogens is 1. The molecule has 0 radical (unpaired) electrons. The Hall–Kier alpha value is -2.77. The first-order valence-corrected chi connectivity index (χ1v) is 11.5. The van der Waals surface area contributed by atoms with E-state index in [0.717, 1.165) is 34.6 Å². The van der Waals surface area contributed by atoms with E-state index in [9.17, 15) is 9.59 Å². The molecule has 0 spiro atoms. The second-order valence-electron chi connectivity index (χ2n) is 7.98. The molecule has 4 rings (SSSR count). The van der Waals surface area contributed by atoms with Crippen LogP contribution in [0.4, 0.5) is 5.69 Å². The second kappa shape index (κ2) is 9.58. The van der Waals surface area contributed by atoms with Crippen molar-refractivity contribution in [2.75, 3.05) is 19.0 Å². The van der Waals surface area contributed by atoms with Gasteiger partial charge in [-0.05, 0) is 44.0 Å². The van der Waals surface area contributed by atoms with Crippen LogP contribution in [0.5, 0.6) is 0 Å². The van der Waals surface area contributed by atoms with Crippen molar-refractivity contribution in [2.45, 2.75) is 45.2 Å². The van der Waals surface area contributed by atoms with Gasteiger partial charge >= 0.3 is 5.97 Å². The Morgan fingerprint density at radius 1 is 1.19 bits per heavy atom. The van der Waals surface area contributed by atoms with Crippen molar-refractivity contribution in [3.8, 4) is 0 Å². The van der Waals surface area contributed by atoms with Gasteiger partial charge in [0.15, 0.2) is 0 Å². The maximum Gasteiger partial charge on any atom is 0.350 e. The Balaban J connectivity index is 1.60. The average molecular weight is 438 g/mol. The van der Waals surface area contributed by atoms with E-state index >= 15 is 0 Å². The number of likely N-dealkylation sites (tertiary alicyclic amines) is 1. The van der Waals surface area contributed by atoms with E-state index in [1.807, 2.05) is 42.5 Å². The molecule has 1 atom stereocenters. The highest BCUT2D eigenvalue weighted by molar-refractivity contribution is 7.21. The summed E-state index contributed by atoms with van der Waals surface area (Å²) in [5, 5.41) is 3.69. The highest BCUT2D eigenvalue weighted by atomic mass is 32.1. The fourth-order valence-corrected chi connectivity index (χ4v) is 5.10. The molecule has 1 N–H and O–H groups in total. The number of carbonyl (C=O) groups excluding carboxylic acids is 2. The third-order valence-corrected chi connectivity index (χ3v) is 6.84. The number of esters is 1. The van der Waals surface area contributed by atoms with Crippen LogP contribution in [-0.2, 0) is 22.5 Å². The van der Waals surface area contributed by atoms with E-state index < -0.39 is 5.97 Å². The van der Waals surface area contributed by atoms with Gasteiger partial charge in [0.25, 0.3) is 0 Å². The number of nitrogens with one attached hydrogen (secondary N) is 1. The molecule has 2 aromatic heterocycles. The Morgan fingerprint density at radius 3 is 2.74 bits per heavy atom. The molecule has 0 unspecified atom stereocenters. The standard InChI is InChI=1S/C24H27N3O3S/c1-16-8-6-7-13-27(16)15-18-11-12-19-21(22(24(29)30-2)31-23(19)25-18)26-20(28)14-17-9-4-3-5-10-17/h3-5,9-12,16H,6-8,13-15H2,1-2H3,(H,26,28)/t16-/m0/s1. The predicted octanol–water partition coefficient (Wildman–Crippen LogP) is 4.64. The molecule has 1 fully saturated rings. The maximum absolute atomic E-state index is 12.7. The fourth-order valence-electron chi connectivity index (χ4n) is 4.03. The zero-order valence-corrected chi connectivity index (χ0v) is 18.7. The number of rotatable bonds is 6. The Labute approximate surface area is 186 Å². The summed E-state index contributed by atoms with van der Waals surface area (Å²) in [4.78, 5) is 33.4. The second-order valence-corrected chi connectivity index (χ2v) is 8.98. The summed E-state index contributed by atoms with van der Waals surface area (Å²) in [6, 6.07) is 14.0. The lowest BCUT2D eigenvalue weighted by atomic mass is 10.0.